The van der Waals surface area contributed by atoms with E-state index in [4.69, 9.17) is 0 Å². The molecule has 30 heavy (non-hydrogen) atoms. The van der Waals surface area contributed by atoms with Crippen molar-refractivity contribution in [3.8, 4) is 0 Å². The molecule has 1 heterocycles. The first-order valence-corrected chi connectivity index (χ1v) is 10.6. The largest absolute Gasteiger partial charge is 0.348 e. The number of imidazole rings is 1. The molecule has 1 amide bonds. The van der Waals surface area contributed by atoms with E-state index in [0.29, 0.717) is 12.8 Å². The van der Waals surface area contributed by atoms with E-state index in [1.165, 1.54) is 5.56 Å². The third-order valence-corrected chi connectivity index (χ3v) is 5.29. The minimum atomic E-state index is -0.555. The highest BCUT2D eigenvalue weighted by molar-refractivity contribution is 5.82. The van der Waals surface area contributed by atoms with Crippen LogP contribution in [0, 0.1) is 5.92 Å². The Morgan fingerprint density at radius 1 is 0.967 bits per heavy atom. The van der Waals surface area contributed by atoms with Crippen molar-refractivity contribution in [2.24, 2.45) is 5.92 Å². The molecule has 156 valence electrons. The number of aromatic nitrogens is 2. The van der Waals surface area contributed by atoms with Gasteiger partial charge in [-0.15, -0.1) is 0 Å². The summed E-state index contributed by atoms with van der Waals surface area (Å²) in [6.07, 6.45) is 8.95. The number of benzene rings is 2. The predicted octanol–water partition coefficient (Wildman–Crippen LogP) is 3.91. The molecule has 1 aromatic heterocycles. The SMILES string of the molecule is O=C[C@H](Cc1cnc[nH]1)NC(=O)C(CCCCc1ccccc1)Cc1ccccc1. The molecule has 1 unspecified atom stereocenters. The standard InChI is InChI=1S/C25H29N3O2/c29-18-24(16-23-17-26-19-27-23)28-25(30)22(15-21-12-5-2-6-13-21)14-8-7-11-20-9-3-1-4-10-20/h1-6,9-10,12-13,17-19,22,24H,7-8,11,14-16H2,(H,26,27)(H,28,30)/t22?,24-/m0/s1. The van der Waals surface area contributed by atoms with Crippen molar-refractivity contribution in [3.63, 3.8) is 0 Å². The first-order chi connectivity index (χ1) is 14.7. The Hall–Kier alpha value is -3.21. The lowest BCUT2D eigenvalue weighted by atomic mass is 9.92. The summed E-state index contributed by atoms with van der Waals surface area (Å²) in [6.45, 7) is 0. The Morgan fingerprint density at radius 2 is 1.67 bits per heavy atom. The minimum Gasteiger partial charge on any atom is -0.348 e. The van der Waals surface area contributed by atoms with Gasteiger partial charge in [-0.3, -0.25) is 4.79 Å². The Balaban J connectivity index is 1.57. The molecule has 3 aromatic rings. The van der Waals surface area contributed by atoms with Crippen molar-refractivity contribution in [2.45, 2.75) is 44.6 Å². The number of aldehydes is 1. The molecule has 0 fully saturated rings. The van der Waals surface area contributed by atoms with Crippen LogP contribution in [0.4, 0.5) is 0 Å². The summed E-state index contributed by atoms with van der Waals surface area (Å²) in [5, 5.41) is 2.93. The third-order valence-electron chi connectivity index (χ3n) is 5.29. The van der Waals surface area contributed by atoms with Gasteiger partial charge < -0.3 is 15.1 Å². The van der Waals surface area contributed by atoms with Crippen LogP contribution in [0.2, 0.25) is 0 Å². The van der Waals surface area contributed by atoms with Crippen molar-refractivity contribution in [2.75, 3.05) is 0 Å². The van der Waals surface area contributed by atoms with Crippen LogP contribution in [0.25, 0.3) is 0 Å². The van der Waals surface area contributed by atoms with E-state index in [2.05, 4.69) is 39.6 Å². The van der Waals surface area contributed by atoms with E-state index in [0.717, 1.165) is 43.2 Å². The average molecular weight is 404 g/mol. The highest BCUT2D eigenvalue weighted by atomic mass is 16.2. The molecule has 0 aliphatic heterocycles. The zero-order valence-corrected chi connectivity index (χ0v) is 17.2. The quantitative estimate of drug-likeness (QED) is 0.356. The van der Waals surface area contributed by atoms with Crippen LogP contribution in [0.1, 0.15) is 36.1 Å². The van der Waals surface area contributed by atoms with Crippen molar-refractivity contribution < 1.29 is 9.59 Å². The number of hydrogen-bond acceptors (Lipinski definition) is 3. The summed E-state index contributed by atoms with van der Waals surface area (Å²) in [5.74, 6) is -0.220. The Labute approximate surface area is 177 Å². The molecule has 0 aliphatic rings. The van der Waals surface area contributed by atoms with E-state index in [1.54, 1.807) is 12.5 Å². The van der Waals surface area contributed by atoms with Gasteiger partial charge in [-0.05, 0) is 36.8 Å². The molecular formula is C25H29N3O2. The van der Waals surface area contributed by atoms with Gasteiger partial charge in [0.15, 0.2) is 0 Å². The van der Waals surface area contributed by atoms with Crippen LogP contribution in [-0.4, -0.2) is 28.2 Å². The molecule has 2 atom stereocenters. The van der Waals surface area contributed by atoms with Gasteiger partial charge in [0.25, 0.3) is 0 Å². The lowest BCUT2D eigenvalue weighted by Gasteiger charge is -2.20. The van der Waals surface area contributed by atoms with Gasteiger partial charge >= 0.3 is 0 Å². The summed E-state index contributed by atoms with van der Waals surface area (Å²) in [7, 11) is 0. The Bertz CT molecular complexity index is 879. The van der Waals surface area contributed by atoms with Gasteiger partial charge in [0.1, 0.15) is 6.29 Å². The van der Waals surface area contributed by atoms with E-state index < -0.39 is 6.04 Å². The topological polar surface area (TPSA) is 74.8 Å². The van der Waals surface area contributed by atoms with Gasteiger partial charge in [-0.2, -0.15) is 0 Å². The van der Waals surface area contributed by atoms with Gasteiger partial charge in [-0.25, -0.2) is 4.98 Å². The number of hydrogen-bond donors (Lipinski definition) is 2. The number of H-pyrrole nitrogens is 1. The lowest BCUT2D eigenvalue weighted by molar-refractivity contribution is -0.127. The van der Waals surface area contributed by atoms with Crippen LogP contribution < -0.4 is 5.32 Å². The fraction of sp³-hybridized carbons (Fsp3) is 0.320. The van der Waals surface area contributed by atoms with Gasteiger partial charge in [0.2, 0.25) is 5.91 Å². The van der Waals surface area contributed by atoms with Crippen molar-refractivity contribution in [3.05, 3.63) is 90.0 Å². The second kappa shape index (κ2) is 11.7. The van der Waals surface area contributed by atoms with Gasteiger partial charge in [0.05, 0.1) is 12.4 Å². The van der Waals surface area contributed by atoms with E-state index in [-0.39, 0.29) is 11.8 Å². The minimum absolute atomic E-state index is 0.0600. The number of rotatable bonds is 12. The maximum Gasteiger partial charge on any atom is 0.224 e. The second-order valence-electron chi connectivity index (χ2n) is 7.65. The molecule has 2 aromatic carbocycles. The molecule has 0 spiro atoms. The molecule has 0 saturated heterocycles. The summed E-state index contributed by atoms with van der Waals surface area (Å²) in [5.41, 5.74) is 3.29. The van der Waals surface area contributed by atoms with Crippen LogP contribution >= 0.6 is 0 Å². The number of nitrogens with one attached hydrogen (secondary N) is 2. The van der Waals surface area contributed by atoms with Crippen LogP contribution in [0.5, 0.6) is 0 Å². The molecule has 5 nitrogen and oxygen atoms in total. The van der Waals surface area contributed by atoms with Crippen molar-refractivity contribution in [1.82, 2.24) is 15.3 Å². The molecule has 0 aliphatic carbocycles. The number of aryl methyl sites for hydroxylation is 1. The van der Waals surface area contributed by atoms with Gasteiger partial charge in [-0.1, -0.05) is 67.1 Å². The molecule has 2 N–H and O–H groups in total. The average Bonchev–Trinajstić information content (AvgIpc) is 3.30. The Morgan fingerprint density at radius 3 is 2.30 bits per heavy atom. The number of carbonyl (C=O) groups excluding carboxylic acids is 2. The van der Waals surface area contributed by atoms with Crippen LogP contribution in [-0.2, 0) is 28.9 Å². The molecule has 0 saturated carbocycles. The second-order valence-corrected chi connectivity index (χ2v) is 7.65. The normalized spacial score (nSPS) is 12.8. The van der Waals surface area contributed by atoms with E-state index >= 15 is 0 Å². The number of amides is 1. The fourth-order valence-electron chi connectivity index (χ4n) is 3.66. The van der Waals surface area contributed by atoms with E-state index in [9.17, 15) is 9.59 Å². The van der Waals surface area contributed by atoms with E-state index in [1.807, 2.05) is 36.4 Å². The zero-order chi connectivity index (χ0) is 21.0. The Kier molecular flexibility index (Phi) is 8.39. The molecule has 3 rings (SSSR count). The number of aromatic amines is 1. The number of carbonyl (C=O) groups is 2. The number of unbranched alkanes of at least 4 members (excludes halogenated alkanes) is 1. The monoisotopic (exact) mass is 403 g/mol. The van der Waals surface area contributed by atoms with Crippen LogP contribution in [0.3, 0.4) is 0 Å². The first kappa shape index (κ1) is 21.5. The number of nitrogens with zero attached hydrogens (tertiary/aromatic N) is 1. The molecule has 0 radical (unpaired) electrons. The third kappa shape index (κ3) is 6.99. The predicted molar refractivity (Wildman–Crippen MR) is 118 cm³/mol. The summed E-state index contributed by atoms with van der Waals surface area (Å²) in [6, 6.07) is 19.9. The molecule has 0 bridgehead atoms. The van der Waals surface area contributed by atoms with Crippen LogP contribution in [0.15, 0.2) is 73.2 Å². The summed E-state index contributed by atoms with van der Waals surface area (Å²) < 4.78 is 0. The molecular weight excluding hydrogens is 374 g/mol. The summed E-state index contributed by atoms with van der Waals surface area (Å²) >= 11 is 0. The first-order valence-electron chi connectivity index (χ1n) is 10.6. The highest BCUT2D eigenvalue weighted by Crippen LogP contribution is 2.18. The highest BCUT2D eigenvalue weighted by Gasteiger charge is 2.22. The maximum absolute atomic E-state index is 13.0. The fourth-order valence-corrected chi connectivity index (χ4v) is 3.66. The van der Waals surface area contributed by atoms with Crippen molar-refractivity contribution >= 4 is 12.2 Å². The smallest absolute Gasteiger partial charge is 0.224 e. The zero-order valence-electron chi connectivity index (χ0n) is 17.2. The van der Waals surface area contributed by atoms with Crippen molar-refractivity contribution in [1.29, 1.82) is 0 Å². The van der Waals surface area contributed by atoms with Gasteiger partial charge in [0, 0.05) is 24.2 Å². The molecule has 5 heteroatoms. The lowest BCUT2D eigenvalue weighted by Crippen LogP contribution is -2.41. The maximum atomic E-state index is 13.0. The summed E-state index contributed by atoms with van der Waals surface area (Å²) in [4.78, 5) is 31.5.